The minimum absolute atomic E-state index is 0.00670. The van der Waals surface area contributed by atoms with E-state index < -0.39 is 6.04 Å². The second-order valence-electron chi connectivity index (χ2n) is 7.91. The van der Waals surface area contributed by atoms with E-state index in [-0.39, 0.29) is 17.1 Å². The molecule has 0 saturated heterocycles. The van der Waals surface area contributed by atoms with Gasteiger partial charge >= 0.3 is 0 Å². The number of hydrogen-bond donors (Lipinski definition) is 3. The van der Waals surface area contributed by atoms with Gasteiger partial charge in [0.2, 0.25) is 0 Å². The Hall–Kier alpha value is -4.73. The van der Waals surface area contributed by atoms with Gasteiger partial charge in [-0.2, -0.15) is 5.10 Å². The van der Waals surface area contributed by atoms with Gasteiger partial charge < -0.3 is 16.2 Å². The number of rotatable bonds is 5. The van der Waals surface area contributed by atoms with Crippen molar-refractivity contribution in [1.29, 1.82) is 0 Å². The van der Waals surface area contributed by atoms with Crippen LogP contribution in [0.2, 0.25) is 0 Å². The van der Waals surface area contributed by atoms with E-state index in [0.29, 0.717) is 34.0 Å². The predicted octanol–water partition coefficient (Wildman–Crippen LogP) is 3.11. The number of anilines is 2. The fourth-order valence-corrected chi connectivity index (χ4v) is 3.97. The first-order valence-corrected chi connectivity index (χ1v) is 10.6. The molecule has 0 saturated carbocycles. The predicted molar refractivity (Wildman–Crippen MR) is 129 cm³/mol. The van der Waals surface area contributed by atoms with Crippen LogP contribution >= 0.6 is 0 Å². The molecule has 0 spiro atoms. The third kappa shape index (κ3) is 3.60. The van der Waals surface area contributed by atoms with Gasteiger partial charge in [-0.3, -0.25) is 14.3 Å². The van der Waals surface area contributed by atoms with Crippen LogP contribution in [0.3, 0.4) is 0 Å². The average Bonchev–Trinajstić information content (AvgIpc) is 3.20. The number of aryl methyl sites for hydroxylation is 1. The lowest BCUT2D eigenvalue weighted by molar-refractivity contribution is 0.473. The van der Waals surface area contributed by atoms with Crippen molar-refractivity contribution in [3.05, 3.63) is 89.1 Å². The molecule has 4 aromatic heterocycles. The highest BCUT2D eigenvalue weighted by molar-refractivity contribution is 5.83. The first-order chi connectivity index (χ1) is 16.4. The number of hydrogen-bond acceptors (Lipinski definition) is 8. The largest absolute Gasteiger partial charge is 0.506 e. The molecule has 0 unspecified atom stereocenters. The lowest BCUT2D eigenvalue weighted by atomic mass is 10.1. The van der Waals surface area contributed by atoms with Gasteiger partial charge in [0.05, 0.1) is 23.5 Å². The molecule has 10 heteroatoms. The fraction of sp³-hybridized carbons (Fsp3) is 0.125. The molecular formula is C24H22N8O2. The van der Waals surface area contributed by atoms with Gasteiger partial charge in [-0.25, -0.2) is 14.5 Å². The normalized spacial score (nSPS) is 12.1. The molecule has 34 heavy (non-hydrogen) atoms. The highest BCUT2D eigenvalue weighted by atomic mass is 16.3. The standard InChI is InChI=1S/C24H22N8O2/c1-14-8-9-31-20(14)24(34)32(17-6-4-3-5-7-17)23(30-31)15(2)29-22-19(21(25)27-13-28-22)16-10-18(33)12-26-11-16/h3-13,15,33H,1-2H3,(H3,25,27,28,29)/t15-/m0/s1. The van der Waals surface area contributed by atoms with Crippen LogP contribution in [0.4, 0.5) is 11.6 Å². The zero-order chi connectivity index (χ0) is 23.8. The van der Waals surface area contributed by atoms with Crippen molar-refractivity contribution in [2.24, 2.45) is 0 Å². The molecule has 4 heterocycles. The molecule has 0 aliphatic carbocycles. The van der Waals surface area contributed by atoms with Crippen LogP contribution in [-0.4, -0.2) is 34.2 Å². The molecule has 5 rings (SSSR count). The van der Waals surface area contributed by atoms with E-state index in [4.69, 9.17) is 10.8 Å². The van der Waals surface area contributed by atoms with Gasteiger partial charge in [0.25, 0.3) is 5.56 Å². The zero-order valence-electron chi connectivity index (χ0n) is 18.5. The number of nitrogen functional groups attached to an aromatic ring is 1. The van der Waals surface area contributed by atoms with Gasteiger partial charge in [0.15, 0.2) is 5.82 Å². The topological polar surface area (TPSA) is 136 Å². The first kappa shape index (κ1) is 21.1. The van der Waals surface area contributed by atoms with Crippen molar-refractivity contribution in [2.45, 2.75) is 19.9 Å². The highest BCUT2D eigenvalue weighted by Gasteiger charge is 2.22. The minimum Gasteiger partial charge on any atom is -0.506 e. The summed E-state index contributed by atoms with van der Waals surface area (Å²) in [5.74, 6) is 1.12. The quantitative estimate of drug-likeness (QED) is 0.368. The Kier molecular flexibility index (Phi) is 5.17. The summed E-state index contributed by atoms with van der Waals surface area (Å²) in [6.07, 6.45) is 6.01. The van der Waals surface area contributed by atoms with Crippen molar-refractivity contribution in [3.63, 3.8) is 0 Å². The summed E-state index contributed by atoms with van der Waals surface area (Å²) in [6, 6.07) is 12.3. The Morgan fingerprint density at radius 2 is 1.91 bits per heavy atom. The van der Waals surface area contributed by atoms with Crippen LogP contribution in [-0.2, 0) is 0 Å². The van der Waals surface area contributed by atoms with Gasteiger partial charge in [-0.1, -0.05) is 18.2 Å². The van der Waals surface area contributed by atoms with E-state index in [1.807, 2.05) is 50.2 Å². The highest BCUT2D eigenvalue weighted by Crippen LogP contribution is 2.33. The summed E-state index contributed by atoms with van der Waals surface area (Å²) in [5, 5.41) is 18.0. The van der Waals surface area contributed by atoms with Crippen LogP contribution in [0.5, 0.6) is 5.75 Å². The second-order valence-corrected chi connectivity index (χ2v) is 7.91. The van der Waals surface area contributed by atoms with Crippen LogP contribution < -0.4 is 16.6 Å². The second kappa shape index (κ2) is 8.32. The number of benzene rings is 1. The molecule has 0 amide bonds. The van der Waals surface area contributed by atoms with Crippen molar-refractivity contribution in [3.8, 4) is 22.6 Å². The maximum absolute atomic E-state index is 13.6. The molecule has 170 valence electrons. The maximum Gasteiger partial charge on any atom is 0.282 e. The van der Waals surface area contributed by atoms with Gasteiger partial charge in [0, 0.05) is 18.0 Å². The van der Waals surface area contributed by atoms with E-state index in [0.717, 1.165) is 5.56 Å². The number of nitrogens with one attached hydrogen (secondary N) is 1. The van der Waals surface area contributed by atoms with Gasteiger partial charge in [0.1, 0.15) is 29.2 Å². The van der Waals surface area contributed by atoms with E-state index in [9.17, 15) is 9.90 Å². The summed E-state index contributed by atoms with van der Waals surface area (Å²) in [7, 11) is 0. The van der Waals surface area contributed by atoms with Crippen LogP contribution in [0, 0.1) is 6.92 Å². The maximum atomic E-state index is 13.6. The molecule has 0 fully saturated rings. The molecule has 0 bridgehead atoms. The van der Waals surface area contributed by atoms with Crippen LogP contribution in [0.25, 0.3) is 22.3 Å². The lowest BCUT2D eigenvalue weighted by Crippen LogP contribution is -2.29. The van der Waals surface area contributed by atoms with Crippen molar-refractivity contribution >= 4 is 17.2 Å². The monoisotopic (exact) mass is 454 g/mol. The minimum atomic E-state index is -0.460. The van der Waals surface area contributed by atoms with E-state index in [2.05, 4.69) is 20.3 Å². The first-order valence-electron chi connectivity index (χ1n) is 10.6. The molecule has 0 aliphatic rings. The number of fused-ring (bicyclic) bond motifs is 1. The van der Waals surface area contributed by atoms with E-state index in [1.165, 1.54) is 18.6 Å². The molecule has 1 atom stereocenters. The van der Waals surface area contributed by atoms with Crippen LogP contribution in [0.1, 0.15) is 24.4 Å². The third-order valence-electron chi connectivity index (χ3n) is 5.56. The summed E-state index contributed by atoms with van der Waals surface area (Å²) in [4.78, 5) is 26.1. The molecule has 1 aromatic carbocycles. The Morgan fingerprint density at radius 3 is 2.68 bits per heavy atom. The summed E-state index contributed by atoms with van der Waals surface area (Å²) >= 11 is 0. The summed E-state index contributed by atoms with van der Waals surface area (Å²) in [6.45, 7) is 3.76. The van der Waals surface area contributed by atoms with Gasteiger partial charge in [-0.15, -0.1) is 0 Å². The number of aromatic nitrogens is 6. The third-order valence-corrected chi connectivity index (χ3v) is 5.56. The Bertz CT molecular complexity index is 1560. The summed E-state index contributed by atoms with van der Waals surface area (Å²) in [5.41, 5.74) is 9.09. The van der Waals surface area contributed by atoms with Crippen molar-refractivity contribution in [1.82, 2.24) is 29.1 Å². The molecule has 0 aliphatic heterocycles. The average molecular weight is 454 g/mol. The Labute approximate surface area is 194 Å². The van der Waals surface area contributed by atoms with E-state index >= 15 is 0 Å². The molecule has 5 aromatic rings. The molecular weight excluding hydrogens is 432 g/mol. The molecule has 10 nitrogen and oxygen atoms in total. The van der Waals surface area contributed by atoms with Crippen molar-refractivity contribution < 1.29 is 5.11 Å². The van der Waals surface area contributed by atoms with E-state index in [1.54, 1.807) is 21.5 Å². The number of aromatic hydroxyl groups is 1. The lowest BCUT2D eigenvalue weighted by Gasteiger charge is -2.21. The number of para-hydroxylation sites is 1. The molecule has 0 radical (unpaired) electrons. The zero-order valence-corrected chi connectivity index (χ0v) is 18.5. The smallest absolute Gasteiger partial charge is 0.282 e. The number of nitrogens with two attached hydrogens (primary N) is 1. The number of pyridine rings is 1. The summed E-state index contributed by atoms with van der Waals surface area (Å²) < 4.78 is 3.19. The van der Waals surface area contributed by atoms with Crippen molar-refractivity contribution in [2.75, 3.05) is 11.1 Å². The SMILES string of the molecule is Cc1ccn2nc([C@H](C)Nc3ncnc(N)c3-c3cncc(O)c3)n(-c3ccccc3)c(=O)c12. The molecule has 4 N–H and O–H groups in total. The van der Waals surface area contributed by atoms with Gasteiger partial charge in [-0.05, 0) is 43.7 Å². The Balaban J connectivity index is 1.66. The van der Waals surface area contributed by atoms with Crippen LogP contribution in [0.15, 0.2) is 72.2 Å². The number of nitrogens with zero attached hydrogens (tertiary/aromatic N) is 6. The Morgan fingerprint density at radius 1 is 1.12 bits per heavy atom. The fourth-order valence-electron chi connectivity index (χ4n) is 3.97.